The lowest BCUT2D eigenvalue weighted by Gasteiger charge is -2.18. The summed E-state index contributed by atoms with van der Waals surface area (Å²) in [4.78, 5) is 38.4. The van der Waals surface area contributed by atoms with Crippen molar-refractivity contribution < 1.29 is 28.6 Å². The molecule has 0 aliphatic heterocycles. The van der Waals surface area contributed by atoms with E-state index in [1.165, 1.54) is 308 Å². The van der Waals surface area contributed by atoms with Crippen molar-refractivity contribution in [3.05, 3.63) is 0 Å². The second-order valence-corrected chi connectivity index (χ2v) is 23.8. The van der Waals surface area contributed by atoms with Crippen molar-refractivity contribution >= 4 is 17.9 Å². The minimum Gasteiger partial charge on any atom is -0.462 e. The molecule has 0 aliphatic rings. The first-order valence-corrected chi connectivity index (χ1v) is 34.5. The number of unbranched alkanes of at least 4 members (excludes halogenated alkanes) is 54. The molecule has 0 spiro atoms. The van der Waals surface area contributed by atoms with Crippen LogP contribution in [-0.4, -0.2) is 37.2 Å². The van der Waals surface area contributed by atoms with Gasteiger partial charge in [0.15, 0.2) is 6.10 Å². The second kappa shape index (κ2) is 64.9. The Hall–Kier alpha value is -1.59. The van der Waals surface area contributed by atoms with E-state index in [-0.39, 0.29) is 31.1 Å². The monoisotopic (exact) mass is 1060 g/mol. The third-order valence-corrected chi connectivity index (χ3v) is 16.1. The van der Waals surface area contributed by atoms with Crippen molar-refractivity contribution in [2.45, 2.75) is 412 Å². The first-order chi connectivity index (χ1) is 37.0. The van der Waals surface area contributed by atoms with Crippen LogP contribution in [0.2, 0.25) is 0 Å². The first kappa shape index (κ1) is 73.4. The molecule has 0 fully saturated rings. The van der Waals surface area contributed by atoms with E-state index in [4.69, 9.17) is 14.2 Å². The number of carbonyl (C=O) groups excluding carboxylic acids is 3. The Morgan fingerprint density at radius 2 is 0.360 bits per heavy atom. The molecule has 0 saturated carbocycles. The van der Waals surface area contributed by atoms with Gasteiger partial charge in [0.25, 0.3) is 0 Å². The summed E-state index contributed by atoms with van der Waals surface area (Å²) in [5.74, 6) is -0.820. The van der Waals surface area contributed by atoms with Gasteiger partial charge in [0.2, 0.25) is 0 Å². The largest absolute Gasteiger partial charge is 0.462 e. The highest BCUT2D eigenvalue weighted by molar-refractivity contribution is 5.71. The number of rotatable bonds is 65. The molecule has 0 radical (unpaired) electrons. The summed E-state index contributed by atoms with van der Waals surface area (Å²) in [6.07, 6.45) is 75.5. The fourth-order valence-corrected chi connectivity index (χ4v) is 10.9. The Labute approximate surface area is 469 Å². The summed E-state index contributed by atoms with van der Waals surface area (Å²) in [6, 6.07) is 0. The standard InChI is InChI=1S/C69H134O6/c1-4-7-10-13-16-19-22-25-28-30-32-34-36-37-39-41-44-47-50-53-56-59-62-68(71)74-65-66(64-73-67(70)61-58-55-52-49-46-43-27-24-21-18-15-12-9-6-3)75-69(72)63-60-57-54-51-48-45-42-40-38-35-33-31-29-26-23-20-17-14-11-8-5-2/h66H,4-65H2,1-3H3. The molecule has 0 saturated heterocycles. The quantitative estimate of drug-likeness (QED) is 0.0343. The third-order valence-electron chi connectivity index (χ3n) is 16.1. The predicted octanol–water partition coefficient (Wildman–Crippen LogP) is 23.5. The molecular weight excluding hydrogens is 925 g/mol. The maximum atomic E-state index is 12.9. The third kappa shape index (κ3) is 63.1. The molecule has 6 heteroatoms. The lowest BCUT2D eigenvalue weighted by molar-refractivity contribution is -0.167. The van der Waals surface area contributed by atoms with Gasteiger partial charge < -0.3 is 14.2 Å². The molecule has 0 N–H and O–H groups in total. The average Bonchev–Trinajstić information content (AvgIpc) is 3.41. The van der Waals surface area contributed by atoms with Crippen LogP contribution < -0.4 is 0 Å². The van der Waals surface area contributed by atoms with E-state index >= 15 is 0 Å². The molecule has 0 heterocycles. The summed E-state index contributed by atoms with van der Waals surface area (Å²) in [6.45, 7) is 6.74. The summed E-state index contributed by atoms with van der Waals surface area (Å²) in [5, 5.41) is 0. The van der Waals surface area contributed by atoms with E-state index in [1.54, 1.807) is 0 Å². The molecule has 0 aromatic rings. The topological polar surface area (TPSA) is 78.9 Å². The van der Waals surface area contributed by atoms with Crippen LogP contribution >= 0.6 is 0 Å². The van der Waals surface area contributed by atoms with Crippen molar-refractivity contribution in [3.8, 4) is 0 Å². The van der Waals surface area contributed by atoms with E-state index in [2.05, 4.69) is 20.8 Å². The van der Waals surface area contributed by atoms with Gasteiger partial charge in [0, 0.05) is 19.3 Å². The van der Waals surface area contributed by atoms with Crippen molar-refractivity contribution in [1.82, 2.24) is 0 Å². The normalized spacial score (nSPS) is 11.9. The van der Waals surface area contributed by atoms with E-state index in [9.17, 15) is 14.4 Å². The highest BCUT2D eigenvalue weighted by Gasteiger charge is 2.19. The number of hydrogen-bond acceptors (Lipinski definition) is 6. The number of ether oxygens (including phenoxy) is 3. The van der Waals surface area contributed by atoms with E-state index in [1.807, 2.05) is 0 Å². The van der Waals surface area contributed by atoms with Gasteiger partial charge in [-0.1, -0.05) is 367 Å². The fourth-order valence-electron chi connectivity index (χ4n) is 10.9. The van der Waals surface area contributed by atoms with Crippen LogP contribution in [0.5, 0.6) is 0 Å². The van der Waals surface area contributed by atoms with Gasteiger partial charge in [-0.15, -0.1) is 0 Å². The minimum atomic E-state index is -0.763. The summed E-state index contributed by atoms with van der Waals surface area (Å²) in [5.41, 5.74) is 0. The molecule has 0 aromatic carbocycles. The maximum absolute atomic E-state index is 12.9. The van der Waals surface area contributed by atoms with Crippen LogP contribution in [0.4, 0.5) is 0 Å². The van der Waals surface area contributed by atoms with Crippen LogP contribution in [0, 0.1) is 0 Å². The van der Waals surface area contributed by atoms with E-state index < -0.39 is 6.10 Å². The van der Waals surface area contributed by atoms with Crippen LogP contribution in [0.25, 0.3) is 0 Å². The molecule has 0 aromatic heterocycles. The number of esters is 3. The average molecular weight is 1060 g/mol. The zero-order valence-corrected chi connectivity index (χ0v) is 51.4. The number of carbonyl (C=O) groups is 3. The van der Waals surface area contributed by atoms with Gasteiger partial charge in [0.1, 0.15) is 13.2 Å². The Morgan fingerprint density at radius 1 is 0.213 bits per heavy atom. The van der Waals surface area contributed by atoms with Crippen molar-refractivity contribution in [2.24, 2.45) is 0 Å². The molecule has 446 valence electrons. The Kier molecular flexibility index (Phi) is 63.6. The lowest BCUT2D eigenvalue weighted by atomic mass is 10.0. The van der Waals surface area contributed by atoms with Crippen molar-refractivity contribution in [1.29, 1.82) is 0 Å². The first-order valence-electron chi connectivity index (χ1n) is 34.5. The minimum absolute atomic E-state index is 0.0602. The molecule has 1 atom stereocenters. The van der Waals surface area contributed by atoms with Gasteiger partial charge in [-0.2, -0.15) is 0 Å². The highest BCUT2D eigenvalue weighted by Crippen LogP contribution is 2.19. The zero-order valence-electron chi connectivity index (χ0n) is 51.4. The molecule has 0 aliphatic carbocycles. The van der Waals surface area contributed by atoms with Gasteiger partial charge in [-0.25, -0.2) is 0 Å². The van der Waals surface area contributed by atoms with Crippen LogP contribution in [0.15, 0.2) is 0 Å². The van der Waals surface area contributed by atoms with E-state index in [0.29, 0.717) is 19.3 Å². The SMILES string of the molecule is CCCCCCCCCCCCCCCCCCCCCCCCC(=O)OCC(COC(=O)CCCCCCCCCCCCCCCC)OC(=O)CCCCCCCCCCCCCCCCCCCCCCC. The molecule has 0 amide bonds. The van der Waals surface area contributed by atoms with Crippen LogP contribution in [0.3, 0.4) is 0 Å². The maximum Gasteiger partial charge on any atom is 0.306 e. The predicted molar refractivity (Wildman–Crippen MR) is 326 cm³/mol. The van der Waals surface area contributed by atoms with Gasteiger partial charge >= 0.3 is 17.9 Å². The van der Waals surface area contributed by atoms with E-state index in [0.717, 1.165) is 57.8 Å². The second-order valence-electron chi connectivity index (χ2n) is 23.8. The molecule has 0 rings (SSSR count). The van der Waals surface area contributed by atoms with Gasteiger partial charge in [0.05, 0.1) is 0 Å². The molecule has 0 bridgehead atoms. The zero-order chi connectivity index (χ0) is 54.3. The van der Waals surface area contributed by atoms with Crippen molar-refractivity contribution in [2.75, 3.05) is 13.2 Å². The Morgan fingerprint density at radius 3 is 0.533 bits per heavy atom. The molecule has 1 unspecified atom stereocenters. The van der Waals surface area contributed by atoms with Crippen LogP contribution in [0.1, 0.15) is 406 Å². The Balaban J connectivity index is 4.23. The Bertz CT molecular complexity index is 1120. The number of hydrogen-bond donors (Lipinski definition) is 0. The smallest absolute Gasteiger partial charge is 0.306 e. The van der Waals surface area contributed by atoms with Gasteiger partial charge in [-0.05, 0) is 19.3 Å². The fraction of sp³-hybridized carbons (Fsp3) is 0.957. The summed E-state index contributed by atoms with van der Waals surface area (Å²) >= 11 is 0. The highest BCUT2D eigenvalue weighted by atomic mass is 16.6. The molecular formula is C69H134O6. The lowest BCUT2D eigenvalue weighted by Crippen LogP contribution is -2.30. The molecule has 6 nitrogen and oxygen atoms in total. The summed E-state index contributed by atoms with van der Waals surface area (Å²) in [7, 11) is 0. The van der Waals surface area contributed by atoms with Gasteiger partial charge in [-0.3, -0.25) is 14.4 Å². The molecule has 75 heavy (non-hydrogen) atoms. The summed E-state index contributed by atoms with van der Waals surface area (Å²) < 4.78 is 17.0. The van der Waals surface area contributed by atoms with Crippen molar-refractivity contribution in [3.63, 3.8) is 0 Å². The van der Waals surface area contributed by atoms with Crippen LogP contribution in [-0.2, 0) is 28.6 Å².